The summed E-state index contributed by atoms with van der Waals surface area (Å²) in [6.45, 7) is 0. The molecule has 0 bridgehead atoms. The lowest BCUT2D eigenvalue weighted by atomic mass is 10.2. The van der Waals surface area contributed by atoms with Crippen LogP contribution in [0.1, 0.15) is 10.4 Å². The van der Waals surface area contributed by atoms with Crippen LogP contribution in [-0.2, 0) is 0 Å². The minimum absolute atomic E-state index is 0.0844. The number of nitrogens with one attached hydrogen (secondary N) is 1. The monoisotopic (exact) mass is 283 g/mol. The molecule has 92 valence electrons. The van der Waals surface area contributed by atoms with Gasteiger partial charge in [-0.05, 0) is 18.2 Å². The summed E-state index contributed by atoms with van der Waals surface area (Å²) in [5.41, 5.74) is 0.0844. The van der Waals surface area contributed by atoms with E-state index < -0.39 is 5.91 Å². The summed E-state index contributed by atoms with van der Waals surface area (Å²) in [5.74, 6) is -0.544. The van der Waals surface area contributed by atoms with Gasteiger partial charge in [-0.15, -0.1) is 0 Å². The molecule has 1 heterocycles. The molecule has 0 aliphatic heterocycles. The smallest absolute Gasteiger partial charge is 0.260 e. The fourth-order valence-electron chi connectivity index (χ4n) is 1.28. The molecule has 0 saturated heterocycles. The number of carbonyl (C=O) groups excluding carboxylic acids is 1. The van der Waals surface area contributed by atoms with Crippen LogP contribution in [0, 0.1) is 0 Å². The number of carbonyl (C=O) groups is 1. The standard InChI is InChI=1S/C11H7Cl2N3O2/c12-6-1-2-7(8(17)3-6)11(18)16-10-5-14-4-9(13)15-10/h1-5,17H,(H,15,16,18). The lowest BCUT2D eigenvalue weighted by Crippen LogP contribution is -2.13. The van der Waals surface area contributed by atoms with Gasteiger partial charge in [0.15, 0.2) is 5.82 Å². The highest BCUT2D eigenvalue weighted by molar-refractivity contribution is 6.31. The van der Waals surface area contributed by atoms with Gasteiger partial charge < -0.3 is 10.4 Å². The zero-order valence-electron chi connectivity index (χ0n) is 8.89. The van der Waals surface area contributed by atoms with Crippen LogP contribution in [0.4, 0.5) is 5.82 Å². The van der Waals surface area contributed by atoms with Gasteiger partial charge in [-0.2, -0.15) is 0 Å². The summed E-state index contributed by atoms with van der Waals surface area (Å²) < 4.78 is 0. The van der Waals surface area contributed by atoms with E-state index in [9.17, 15) is 9.90 Å². The van der Waals surface area contributed by atoms with Crippen LogP contribution in [0.5, 0.6) is 5.75 Å². The second-order valence-corrected chi connectivity index (χ2v) is 4.17. The first-order chi connectivity index (χ1) is 8.56. The topological polar surface area (TPSA) is 75.1 Å². The SMILES string of the molecule is O=C(Nc1cncc(Cl)n1)c1ccc(Cl)cc1O. The van der Waals surface area contributed by atoms with Crippen LogP contribution in [0.25, 0.3) is 0 Å². The number of hydrogen-bond donors (Lipinski definition) is 2. The van der Waals surface area contributed by atoms with Crippen molar-refractivity contribution in [2.45, 2.75) is 0 Å². The maximum atomic E-state index is 11.8. The largest absolute Gasteiger partial charge is 0.507 e. The Morgan fingerprint density at radius 3 is 2.72 bits per heavy atom. The van der Waals surface area contributed by atoms with Crippen molar-refractivity contribution in [1.29, 1.82) is 0 Å². The molecule has 0 spiro atoms. The van der Waals surface area contributed by atoms with Crippen LogP contribution < -0.4 is 5.32 Å². The van der Waals surface area contributed by atoms with Crippen LogP contribution in [-0.4, -0.2) is 21.0 Å². The van der Waals surface area contributed by atoms with Crippen molar-refractivity contribution >= 4 is 34.9 Å². The molecule has 0 fully saturated rings. The number of phenolic OH excluding ortho intramolecular Hbond substituents is 1. The molecule has 1 aromatic carbocycles. The lowest BCUT2D eigenvalue weighted by molar-refractivity contribution is 0.102. The van der Waals surface area contributed by atoms with Crippen molar-refractivity contribution in [3.63, 3.8) is 0 Å². The third kappa shape index (κ3) is 2.88. The first-order valence-electron chi connectivity index (χ1n) is 4.83. The molecule has 2 N–H and O–H groups in total. The maximum absolute atomic E-state index is 11.8. The van der Waals surface area contributed by atoms with Gasteiger partial charge in [-0.3, -0.25) is 9.78 Å². The number of aromatic hydroxyl groups is 1. The van der Waals surface area contributed by atoms with Crippen molar-refractivity contribution in [3.8, 4) is 5.75 Å². The number of aromatic nitrogens is 2. The third-order valence-electron chi connectivity index (χ3n) is 2.05. The number of hydrogen-bond acceptors (Lipinski definition) is 4. The fraction of sp³-hybridized carbons (Fsp3) is 0. The van der Waals surface area contributed by atoms with E-state index in [1.54, 1.807) is 0 Å². The Kier molecular flexibility index (Phi) is 3.64. The summed E-state index contributed by atoms with van der Waals surface area (Å²) in [6, 6.07) is 4.19. The molecule has 0 unspecified atom stereocenters. The number of amides is 1. The van der Waals surface area contributed by atoms with Crippen molar-refractivity contribution in [3.05, 3.63) is 46.3 Å². The zero-order chi connectivity index (χ0) is 13.1. The van der Waals surface area contributed by atoms with Gasteiger partial charge in [-0.25, -0.2) is 4.98 Å². The summed E-state index contributed by atoms with van der Waals surface area (Å²) in [7, 11) is 0. The van der Waals surface area contributed by atoms with E-state index in [1.165, 1.54) is 30.6 Å². The second-order valence-electron chi connectivity index (χ2n) is 3.34. The molecule has 0 atom stereocenters. The van der Waals surface area contributed by atoms with E-state index >= 15 is 0 Å². The highest BCUT2D eigenvalue weighted by Gasteiger charge is 2.12. The second kappa shape index (κ2) is 5.20. The Morgan fingerprint density at radius 2 is 2.06 bits per heavy atom. The molecular formula is C11H7Cl2N3O2. The molecule has 0 aliphatic carbocycles. The molecule has 0 radical (unpaired) electrons. The highest BCUT2D eigenvalue weighted by atomic mass is 35.5. The summed E-state index contributed by atoms with van der Waals surface area (Å²) in [5, 5.41) is 12.5. The normalized spacial score (nSPS) is 10.1. The molecule has 18 heavy (non-hydrogen) atoms. The number of halogens is 2. The molecule has 2 aromatic rings. The average molecular weight is 284 g/mol. The average Bonchev–Trinajstić information content (AvgIpc) is 2.28. The number of rotatable bonds is 2. The lowest BCUT2D eigenvalue weighted by Gasteiger charge is -2.06. The number of nitrogens with zero attached hydrogens (tertiary/aromatic N) is 2. The van der Waals surface area contributed by atoms with E-state index in [-0.39, 0.29) is 22.3 Å². The first kappa shape index (κ1) is 12.6. The fourth-order valence-corrected chi connectivity index (χ4v) is 1.60. The summed E-state index contributed by atoms with van der Waals surface area (Å²) in [6.07, 6.45) is 2.69. The van der Waals surface area contributed by atoms with Gasteiger partial charge in [0.1, 0.15) is 10.9 Å². The van der Waals surface area contributed by atoms with Crippen LogP contribution >= 0.6 is 23.2 Å². The molecule has 2 rings (SSSR count). The molecule has 0 aliphatic rings. The van der Waals surface area contributed by atoms with Crippen LogP contribution in [0.3, 0.4) is 0 Å². The Balaban J connectivity index is 2.22. The first-order valence-corrected chi connectivity index (χ1v) is 5.59. The van der Waals surface area contributed by atoms with Crippen molar-refractivity contribution in [2.24, 2.45) is 0 Å². The van der Waals surface area contributed by atoms with Gasteiger partial charge >= 0.3 is 0 Å². The molecule has 1 aromatic heterocycles. The van der Waals surface area contributed by atoms with Gasteiger partial charge in [0.2, 0.25) is 0 Å². The van der Waals surface area contributed by atoms with Gasteiger partial charge in [0.25, 0.3) is 5.91 Å². The maximum Gasteiger partial charge on any atom is 0.260 e. The Labute approximate surface area is 112 Å². The molecule has 5 nitrogen and oxygen atoms in total. The Morgan fingerprint density at radius 1 is 1.28 bits per heavy atom. The Bertz CT molecular complexity index is 605. The van der Waals surface area contributed by atoms with Crippen molar-refractivity contribution in [2.75, 3.05) is 5.32 Å². The number of anilines is 1. The van der Waals surface area contributed by atoms with Gasteiger partial charge in [0.05, 0.1) is 18.0 Å². The Hall–Kier alpha value is -1.85. The van der Waals surface area contributed by atoms with Crippen molar-refractivity contribution < 1.29 is 9.90 Å². The van der Waals surface area contributed by atoms with E-state index in [2.05, 4.69) is 15.3 Å². The minimum Gasteiger partial charge on any atom is -0.507 e. The van der Waals surface area contributed by atoms with Crippen molar-refractivity contribution in [1.82, 2.24) is 9.97 Å². The van der Waals surface area contributed by atoms with Crippen LogP contribution in [0.2, 0.25) is 10.2 Å². The van der Waals surface area contributed by atoms with E-state index in [4.69, 9.17) is 23.2 Å². The molecule has 0 saturated carbocycles. The van der Waals surface area contributed by atoms with Gasteiger partial charge in [-0.1, -0.05) is 23.2 Å². The molecule has 7 heteroatoms. The molecule has 1 amide bonds. The van der Waals surface area contributed by atoms with Crippen LogP contribution in [0.15, 0.2) is 30.6 Å². The number of phenols is 1. The quantitative estimate of drug-likeness (QED) is 0.889. The predicted octanol–water partition coefficient (Wildman–Crippen LogP) is 2.74. The summed E-state index contributed by atoms with van der Waals surface area (Å²) >= 11 is 11.3. The zero-order valence-corrected chi connectivity index (χ0v) is 10.4. The minimum atomic E-state index is -0.527. The van der Waals surface area contributed by atoms with E-state index in [0.717, 1.165) is 0 Å². The van der Waals surface area contributed by atoms with E-state index in [0.29, 0.717) is 5.02 Å². The van der Waals surface area contributed by atoms with E-state index in [1.807, 2.05) is 0 Å². The van der Waals surface area contributed by atoms with Gasteiger partial charge in [0, 0.05) is 5.02 Å². The number of benzene rings is 1. The highest BCUT2D eigenvalue weighted by Crippen LogP contribution is 2.22. The summed E-state index contributed by atoms with van der Waals surface area (Å²) in [4.78, 5) is 19.5. The third-order valence-corrected chi connectivity index (χ3v) is 2.47. The predicted molar refractivity (Wildman–Crippen MR) is 68.1 cm³/mol. The molecular weight excluding hydrogens is 277 g/mol.